The monoisotopic (exact) mass is 272 g/mol. The highest BCUT2D eigenvalue weighted by atomic mass is 32.2. The first-order valence-electron chi connectivity index (χ1n) is 5.32. The molecule has 9 heteroatoms. The van der Waals surface area contributed by atoms with Crippen LogP contribution in [0.3, 0.4) is 0 Å². The second-order valence-electron chi connectivity index (χ2n) is 3.92. The van der Waals surface area contributed by atoms with E-state index >= 15 is 0 Å². The molecule has 1 aromatic heterocycles. The van der Waals surface area contributed by atoms with Crippen LogP contribution in [0.4, 0.5) is 5.69 Å². The number of sulfonamides is 1. The van der Waals surface area contributed by atoms with Crippen LogP contribution in [-0.4, -0.2) is 37.5 Å². The summed E-state index contributed by atoms with van der Waals surface area (Å²) >= 11 is 0. The van der Waals surface area contributed by atoms with Crippen LogP contribution in [0.25, 0.3) is 0 Å². The predicted octanol–water partition coefficient (Wildman–Crippen LogP) is -0.370. The third-order valence-corrected chi connectivity index (χ3v) is 4.02. The van der Waals surface area contributed by atoms with E-state index in [4.69, 9.17) is 0 Å². The van der Waals surface area contributed by atoms with E-state index in [1.165, 1.54) is 0 Å². The van der Waals surface area contributed by atoms with Crippen molar-refractivity contribution in [2.45, 2.75) is 17.5 Å². The maximum atomic E-state index is 11.9. The third-order valence-electron chi connectivity index (χ3n) is 2.59. The smallest absolute Gasteiger partial charge is 0.287 e. The summed E-state index contributed by atoms with van der Waals surface area (Å²) in [5.41, 5.74) is -0.239. The zero-order valence-corrected chi connectivity index (χ0v) is 10.2. The Morgan fingerprint density at radius 2 is 2.28 bits per heavy atom. The normalized spacial score (nSPS) is 19.9. The molecule has 0 aliphatic carbocycles. The van der Waals surface area contributed by atoms with Crippen LogP contribution in [0.1, 0.15) is 6.42 Å². The first-order chi connectivity index (χ1) is 8.49. The van der Waals surface area contributed by atoms with Gasteiger partial charge in [-0.1, -0.05) is 0 Å². The minimum Gasteiger partial charge on any atom is -0.315 e. The van der Waals surface area contributed by atoms with Crippen molar-refractivity contribution in [3.63, 3.8) is 0 Å². The third kappa shape index (κ3) is 2.81. The van der Waals surface area contributed by atoms with Crippen LogP contribution in [-0.2, 0) is 10.0 Å². The van der Waals surface area contributed by atoms with Gasteiger partial charge < -0.3 is 5.32 Å². The topological polar surface area (TPSA) is 114 Å². The standard InChI is InChI=1S/C9H12N4O4S/c14-13(15)8-1-2-9(11-6-8)18(16,17)12-7-3-4-10-5-7/h1-2,6-7,10,12H,3-5H2. The molecule has 1 fully saturated rings. The molecule has 2 N–H and O–H groups in total. The second kappa shape index (κ2) is 4.96. The molecule has 1 aliphatic rings. The summed E-state index contributed by atoms with van der Waals surface area (Å²) in [6.45, 7) is 1.34. The van der Waals surface area contributed by atoms with E-state index in [0.29, 0.717) is 13.0 Å². The van der Waals surface area contributed by atoms with E-state index in [0.717, 1.165) is 24.9 Å². The van der Waals surface area contributed by atoms with Crippen LogP contribution < -0.4 is 10.0 Å². The molecule has 8 nitrogen and oxygen atoms in total. The fourth-order valence-corrected chi connectivity index (χ4v) is 2.87. The van der Waals surface area contributed by atoms with E-state index < -0.39 is 14.9 Å². The molecule has 2 rings (SSSR count). The Kier molecular flexibility index (Phi) is 3.55. The molecule has 1 aromatic rings. The second-order valence-corrected chi connectivity index (χ2v) is 5.58. The van der Waals surface area contributed by atoms with E-state index in [1.54, 1.807) is 0 Å². The molecule has 18 heavy (non-hydrogen) atoms. The van der Waals surface area contributed by atoms with Crippen molar-refractivity contribution in [2.24, 2.45) is 0 Å². The van der Waals surface area contributed by atoms with Crippen LogP contribution in [0.15, 0.2) is 23.4 Å². The molecule has 0 amide bonds. The summed E-state index contributed by atoms with van der Waals surface area (Å²) in [5, 5.41) is 13.3. The minimum atomic E-state index is -3.71. The Bertz CT molecular complexity index is 536. The van der Waals surface area contributed by atoms with Gasteiger partial charge in [0.15, 0.2) is 5.03 Å². The van der Waals surface area contributed by atoms with E-state index in [2.05, 4.69) is 15.0 Å². The van der Waals surface area contributed by atoms with Gasteiger partial charge in [-0.25, -0.2) is 18.1 Å². The number of nitrogens with one attached hydrogen (secondary N) is 2. The van der Waals surface area contributed by atoms with Gasteiger partial charge in [0.1, 0.15) is 6.20 Å². The highest BCUT2D eigenvalue weighted by Gasteiger charge is 2.24. The number of hydrogen-bond donors (Lipinski definition) is 2. The van der Waals surface area contributed by atoms with Crippen molar-refractivity contribution < 1.29 is 13.3 Å². The van der Waals surface area contributed by atoms with Gasteiger partial charge >= 0.3 is 0 Å². The lowest BCUT2D eigenvalue weighted by Crippen LogP contribution is -2.36. The molecule has 0 radical (unpaired) electrons. The quantitative estimate of drug-likeness (QED) is 0.571. The average Bonchev–Trinajstić information content (AvgIpc) is 2.81. The number of hydrogen-bond acceptors (Lipinski definition) is 6. The molecule has 1 atom stereocenters. The Morgan fingerprint density at radius 1 is 1.50 bits per heavy atom. The average molecular weight is 272 g/mol. The zero-order valence-electron chi connectivity index (χ0n) is 9.37. The molecule has 2 heterocycles. The Morgan fingerprint density at radius 3 is 2.78 bits per heavy atom. The van der Waals surface area contributed by atoms with Crippen molar-refractivity contribution in [3.05, 3.63) is 28.4 Å². The maximum absolute atomic E-state index is 11.9. The summed E-state index contributed by atoms with van der Waals surface area (Å²) in [4.78, 5) is 13.4. The first kappa shape index (κ1) is 12.9. The minimum absolute atomic E-state index is 0.160. The van der Waals surface area contributed by atoms with Crippen LogP contribution >= 0.6 is 0 Å². The highest BCUT2D eigenvalue weighted by molar-refractivity contribution is 7.89. The van der Waals surface area contributed by atoms with Gasteiger partial charge in [-0.15, -0.1) is 0 Å². The van der Waals surface area contributed by atoms with Crippen LogP contribution in [0.5, 0.6) is 0 Å². The maximum Gasteiger partial charge on any atom is 0.287 e. The lowest BCUT2D eigenvalue weighted by atomic mass is 10.3. The van der Waals surface area contributed by atoms with Crippen molar-refractivity contribution in [1.29, 1.82) is 0 Å². The van der Waals surface area contributed by atoms with Gasteiger partial charge in [-0.3, -0.25) is 10.1 Å². The molecule has 98 valence electrons. The van der Waals surface area contributed by atoms with Gasteiger partial charge in [0.2, 0.25) is 0 Å². The highest BCUT2D eigenvalue weighted by Crippen LogP contribution is 2.13. The molecule has 0 saturated carbocycles. The van der Waals surface area contributed by atoms with Crippen molar-refractivity contribution >= 4 is 15.7 Å². The summed E-state index contributed by atoms with van der Waals surface area (Å²) in [5.74, 6) is 0. The molecule has 1 aliphatic heterocycles. The number of aromatic nitrogens is 1. The van der Waals surface area contributed by atoms with Crippen molar-refractivity contribution in [1.82, 2.24) is 15.0 Å². The summed E-state index contributed by atoms with van der Waals surface area (Å²) in [7, 11) is -3.71. The van der Waals surface area contributed by atoms with Gasteiger partial charge in [-0.2, -0.15) is 0 Å². The molecule has 1 saturated heterocycles. The molecular formula is C9H12N4O4S. The van der Waals surface area contributed by atoms with Gasteiger partial charge in [0.25, 0.3) is 15.7 Å². The van der Waals surface area contributed by atoms with E-state index in [1.807, 2.05) is 0 Å². The number of rotatable bonds is 4. The summed E-state index contributed by atoms with van der Waals surface area (Å²) in [6.07, 6.45) is 1.65. The first-order valence-corrected chi connectivity index (χ1v) is 6.81. The van der Waals surface area contributed by atoms with Gasteiger partial charge in [0.05, 0.1) is 4.92 Å². The van der Waals surface area contributed by atoms with Crippen molar-refractivity contribution in [2.75, 3.05) is 13.1 Å². The fraction of sp³-hybridized carbons (Fsp3) is 0.444. The number of nitrogens with zero attached hydrogens (tertiary/aromatic N) is 2. The predicted molar refractivity (Wildman–Crippen MR) is 62.5 cm³/mol. The molecule has 1 unspecified atom stereocenters. The number of nitro groups is 1. The largest absolute Gasteiger partial charge is 0.315 e. The zero-order chi connectivity index (χ0) is 13.2. The van der Waals surface area contributed by atoms with Gasteiger partial charge in [0, 0.05) is 18.7 Å². The summed E-state index contributed by atoms with van der Waals surface area (Å²) < 4.78 is 26.3. The molecule has 0 aromatic carbocycles. The fourth-order valence-electron chi connectivity index (χ4n) is 1.67. The van der Waals surface area contributed by atoms with Gasteiger partial charge in [-0.05, 0) is 19.0 Å². The SMILES string of the molecule is O=[N+]([O-])c1ccc(S(=O)(=O)NC2CCNC2)nc1. The molecular weight excluding hydrogens is 260 g/mol. The van der Waals surface area contributed by atoms with E-state index in [-0.39, 0.29) is 16.8 Å². The van der Waals surface area contributed by atoms with Crippen LogP contribution in [0.2, 0.25) is 0 Å². The summed E-state index contributed by atoms with van der Waals surface area (Å²) in [6, 6.07) is 2.09. The molecule has 0 spiro atoms. The Hall–Kier alpha value is -1.58. The van der Waals surface area contributed by atoms with Crippen molar-refractivity contribution in [3.8, 4) is 0 Å². The number of pyridine rings is 1. The lowest BCUT2D eigenvalue weighted by molar-refractivity contribution is -0.385. The van der Waals surface area contributed by atoms with E-state index in [9.17, 15) is 18.5 Å². The molecule has 0 bridgehead atoms. The Balaban J connectivity index is 2.16. The van der Waals surface area contributed by atoms with Crippen LogP contribution in [0, 0.1) is 10.1 Å². The Labute approximate surface area is 104 Å². The lowest BCUT2D eigenvalue weighted by Gasteiger charge is -2.10.